The predicted octanol–water partition coefficient (Wildman–Crippen LogP) is 6.57. The summed E-state index contributed by atoms with van der Waals surface area (Å²) in [5.41, 5.74) is 5.04. The molecule has 5 rings (SSSR count). The van der Waals surface area contributed by atoms with E-state index in [4.69, 9.17) is 4.74 Å². The molecule has 4 atom stereocenters. The maximum absolute atomic E-state index is 13.9. The Balaban J connectivity index is 1.28. The van der Waals surface area contributed by atoms with Gasteiger partial charge in [-0.3, -0.25) is 14.6 Å². The molecule has 1 heterocycles. The van der Waals surface area contributed by atoms with Crippen LogP contribution in [0.4, 0.5) is 4.39 Å². The monoisotopic (exact) mass is 518 g/mol. The van der Waals surface area contributed by atoms with E-state index >= 15 is 0 Å². The smallest absolute Gasteiger partial charge is 0.308 e. The molecule has 0 saturated heterocycles. The molecule has 3 aliphatic rings. The summed E-state index contributed by atoms with van der Waals surface area (Å²) < 4.78 is 19.3. The predicted molar refractivity (Wildman–Crippen MR) is 146 cm³/mol. The van der Waals surface area contributed by atoms with Crippen LogP contribution in [-0.4, -0.2) is 41.0 Å². The fourth-order valence-corrected chi connectivity index (χ4v) is 7.26. The summed E-state index contributed by atoms with van der Waals surface area (Å²) >= 11 is 0. The number of carbonyl (C=O) groups excluding carboxylic acids is 2. The second-order valence-electron chi connectivity index (χ2n) is 12.6. The average Bonchev–Trinajstić information content (AvgIpc) is 3.22. The second-order valence-corrected chi connectivity index (χ2v) is 12.6. The number of aromatic nitrogens is 1. The lowest BCUT2D eigenvalue weighted by Gasteiger charge is -2.50. The van der Waals surface area contributed by atoms with E-state index in [1.165, 1.54) is 22.9 Å². The summed E-state index contributed by atoms with van der Waals surface area (Å²) in [4.78, 5) is 30.9. The number of rotatable bonds is 5. The second kappa shape index (κ2) is 9.94. The number of allylic oxidation sites excluding steroid dienone is 2. The molecule has 6 heteroatoms. The van der Waals surface area contributed by atoms with Crippen LogP contribution in [0.1, 0.15) is 92.8 Å². The minimum absolute atomic E-state index is 0.0426. The molecule has 2 aromatic rings. The first-order valence-electron chi connectivity index (χ1n) is 13.9. The number of esters is 1. The van der Waals surface area contributed by atoms with Gasteiger partial charge in [-0.1, -0.05) is 19.1 Å². The number of hydrogen-bond donors (Lipinski definition) is 0. The minimum Gasteiger partial charge on any atom is -0.460 e. The summed E-state index contributed by atoms with van der Waals surface area (Å²) in [7, 11) is 1.74. The SMILES string of the molecule is CN(CCC(=O)OC(C)(C)C)C(=O)c1ccc2c(c1)CCC1C2CC[C@]2(C)C(c3cncc(F)c3)=CCC12. The number of amides is 1. The molecule has 3 unspecified atom stereocenters. The van der Waals surface area contributed by atoms with Crippen LogP contribution in [0.2, 0.25) is 0 Å². The van der Waals surface area contributed by atoms with Crippen molar-refractivity contribution in [2.45, 2.75) is 77.7 Å². The quantitative estimate of drug-likeness (QED) is 0.420. The third-order valence-electron chi connectivity index (χ3n) is 8.99. The van der Waals surface area contributed by atoms with E-state index in [9.17, 15) is 14.0 Å². The van der Waals surface area contributed by atoms with Gasteiger partial charge < -0.3 is 9.64 Å². The largest absolute Gasteiger partial charge is 0.460 e. The average molecular weight is 519 g/mol. The zero-order chi connectivity index (χ0) is 27.2. The lowest BCUT2D eigenvalue weighted by molar-refractivity contribution is -0.154. The highest BCUT2D eigenvalue weighted by Crippen LogP contribution is 2.63. The number of carbonyl (C=O) groups is 2. The van der Waals surface area contributed by atoms with Crippen LogP contribution in [0, 0.1) is 23.1 Å². The molecule has 202 valence electrons. The normalized spacial score (nSPS) is 26.1. The van der Waals surface area contributed by atoms with Crippen molar-refractivity contribution in [3.05, 3.63) is 70.8 Å². The Hall–Kier alpha value is -3.02. The van der Waals surface area contributed by atoms with Crippen molar-refractivity contribution in [1.29, 1.82) is 0 Å². The fraction of sp³-hybridized carbons (Fsp3) is 0.531. The van der Waals surface area contributed by atoms with Crippen molar-refractivity contribution in [3.63, 3.8) is 0 Å². The molecule has 0 N–H and O–H groups in total. The van der Waals surface area contributed by atoms with Gasteiger partial charge in [-0.15, -0.1) is 0 Å². The van der Waals surface area contributed by atoms with E-state index in [0.717, 1.165) is 37.7 Å². The van der Waals surface area contributed by atoms with Gasteiger partial charge in [0, 0.05) is 25.4 Å². The van der Waals surface area contributed by atoms with Crippen LogP contribution in [0.5, 0.6) is 0 Å². The highest BCUT2D eigenvalue weighted by Gasteiger charge is 2.52. The van der Waals surface area contributed by atoms with Gasteiger partial charge in [0.05, 0.1) is 12.6 Å². The Kier molecular flexibility index (Phi) is 6.95. The molecule has 0 radical (unpaired) electrons. The molecule has 0 aliphatic heterocycles. The molecule has 5 nitrogen and oxygen atoms in total. The Morgan fingerprint density at radius 3 is 2.71 bits per heavy atom. The fourth-order valence-electron chi connectivity index (χ4n) is 7.26. The third-order valence-corrected chi connectivity index (χ3v) is 8.99. The molecule has 38 heavy (non-hydrogen) atoms. The van der Waals surface area contributed by atoms with Crippen molar-refractivity contribution < 1.29 is 18.7 Å². The van der Waals surface area contributed by atoms with Crippen molar-refractivity contribution in [3.8, 4) is 0 Å². The van der Waals surface area contributed by atoms with Crippen molar-refractivity contribution in [2.75, 3.05) is 13.6 Å². The van der Waals surface area contributed by atoms with Gasteiger partial charge in [0.1, 0.15) is 11.4 Å². The number of pyridine rings is 1. The van der Waals surface area contributed by atoms with E-state index in [1.54, 1.807) is 24.2 Å². The van der Waals surface area contributed by atoms with Crippen LogP contribution in [-0.2, 0) is 16.0 Å². The van der Waals surface area contributed by atoms with Crippen molar-refractivity contribution >= 4 is 17.4 Å². The maximum Gasteiger partial charge on any atom is 0.308 e. The van der Waals surface area contributed by atoms with Crippen LogP contribution in [0.15, 0.2) is 42.7 Å². The topological polar surface area (TPSA) is 59.5 Å². The number of halogens is 1. The lowest BCUT2D eigenvalue weighted by atomic mass is 9.54. The first kappa shape index (κ1) is 26.6. The zero-order valence-electron chi connectivity index (χ0n) is 23.2. The molecule has 1 fully saturated rings. The summed E-state index contributed by atoms with van der Waals surface area (Å²) in [6, 6.07) is 7.82. The molecule has 3 aliphatic carbocycles. The van der Waals surface area contributed by atoms with Gasteiger partial charge in [0.2, 0.25) is 0 Å². The van der Waals surface area contributed by atoms with Gasteiger partial charge in [-0.25, -0.2) is 4.39 Å². The molecular formula is C32H39FN2O3. The number of hydrogen-bond acceptors (Lipinski definition) is 4. The van der Waals surface area contributed by atoms with E-state index in [-0.39, 0.29) is 29.5 Å². The first-order chi connectivity index (χ1) is 18.0. The molecule has 1 aromatic carbocycles. The van der Waals surface area contributed by atoms with Gasteiger partial charge in [0.15, 0.2) is 0 Å². The van der Waals surface area contributed by atoms with Crippen LogP contribution in [0.25, 0.3) is 5.57 Å². The van der Waals surface area contributed by atoms with E-state index in [1.807, 2.05) is 26.8 Å². The van der Waals surface area contributed by atoms with Crippen molar-refractivity contribution in [2.24, 2.45) is 17.3 Å². The zero-order valence-corrected chi connectivity index (χ0v) is 23.2. The molecule has 1 aromatic heterocycles. The van der Waals surface area contributed by atoms with Crippen molar-refractivity contribution in [1.82, 2.24) is 9.88 Å². The lowest BCUT2D eigenvalue weighted by Crippen LogP contribution is -2.41. The first-order valence-corrected chi connectivity index (χ1v) is 13.9. The number of ether oxygens (including phenoxy) is 1. The van der Waals surface area contributed by atoms with Gasteiger partial charge >= 0.3 is 5.97 Å². The van der Waals surface area contributed by atoms with Gasteiger partial charge in [0.25, 0.3) is 5.91 Å². The highest BCUT2D eigenvalue weighted by atomic mass is 19.1. The Morgan fingerprint density at radius 1 is 1.18 bits per heavy atom. The molecule has 1 saturated carbocycles. The van der Waals surface area contributed by atoms with Crippen LogP contribution in [0.3, 0.4) is 0 Å². The highest BCUT2D eigenvalue weighted by molar-refractivity contribution is 5.94. The third kappa shape index (κ3) is 5.02. The summed E-state index contributed by atoms with van der Waals surface area (Å²) in [5.74, 6) is 0.961. The van der Waals surface area contributed by atoms with Gasteiger partial charge in [-0.2, -0.15) is 0 Å². The van der Waals surface area contributed by atoms with Crippen LogP contribution >= 0.6 is 0 Å². The Bertz CT molecular complexity index is 1280. The number of aryl methyl sites for hydroxylation is 1. The molecular weight excluding hydrogens is 479 g/mol. The Morgan fingerprint density at radius 2 is 1.97 bits per heavy atom. The molecule has 1 amide bonds. The maximum atomic E-state index is 13.9. The Labute approximate surface area is 225 Å². The number of nitrogens with zero attached hydrogens (tertiary/aromatic N) is 2. The standard InChI is InChI=1S/C32H39FN2O3/c1-31(2,3)38-29(36)13-15-35(5)30(37)21-7-8-24-20(16-21)6-9-26-25(24)12-14-32(4)27(10-11-28(26)32)22-17-23(33)19-34-18-22/h7-8,10,16-19,25-26,28H,6,9,11-15H2,1-5H3/t25?,26?,28?,32-/m1/s1. The summed E-state index contributed by atoms with van der Waals surface area (Å²) in [5, 5.41) is 0. The molecule has 0 bridgehead atoms. The number of benzene rings is 1. The summed E-state index contributed by atoms with van der Waals surface area (Å²) in [6.07, 6.45) is 10.8. The van der Waals surface area contributed by atoms with E-state index in [0.29, 0.717) is 29.9 Å². The molecule has 0 spiro atoms. The summed E-state index contributed by atoms with van der Waals surface area (Å²) in [6.45, 7) is 8.21. The van der Waals surface area contributed by atoms with E-state index in [2.05, 4.69) is 30.1 Å². The number of fused-ring (bicyclic) bond motifs is 5. The minimum atomic E-state index is -0.528. The van der Waals surface area contributed by atoms with Crippen LogP contribution < -0.4 is 0 Å². The van der Waals surface area contributed by atoms with Gasteiger partial charge in [-0.05, 0) is 117 Å². The van der Waals surface area contributed by atoms with E-state index < -0.39 is 5.60 Å².